The molecule has 1 aliphatic carbocycles. The molecule has 2 aromatic rings. The summed E-state index contributed by atoms with van der Waals surface area (Å²) < 4.78 is 5.84. The van der Waals surface area contributed by atoms with E-state index in [0.29, 0.717) is 45.6 Å². The number of rotatable bonds is 7. The fourth-order valence-corrected chi connectivity index (χ4v) is 3.95. The molecule has 0 radical (unpaired) electrons. The Morgan fingerprint density at radius 2 is 2.03 bits per heavy atom. The van der Waals surface area contributed by atoms with Crippen LogP contribution in [0.1, 0.15) is 55.8 Å². The first-order valence-electron chi connectivity index (χ1n) is 10.1. The number of aromatic nitrogens is 1. The van der Waals surface area contributed by atoms with Crippen molar-refractivity contribution < 1.29 is 14.6 Å². The summed E-state index contributed by atoms with van der Waals surface area (Å²) in [4.78, 5) is 17.2. The monoisotopic (exact) mass is 436 g/mol. The number of ether oxygens (including phenoxy) is 1. The minimum Gasteiger partial charge on any atom is -0.477 e. The van der Waals surface area contributed by atoms with Crippen molar-refractivity contribution in [1.29, 1.82) is 0 Å². The Balaban J connectivity index is 1.89. The summed E-state index contributed by atoms with van der Waals surface area (Å²) >= 11 is 12.4. The van der Waals surface area contributed by atoms with Crippen LogP contribution >= 0.6 is 23.2 Å². The minimum absolute atomic E-state index is 0.237. The molecule has 5 nitrogen and oxygen atoms in total. The van der Waals surface area contributed by atoms with E-state index < -0.39 is 6.10 Å². The molecule has 7 heteroatoms. The van der Waals surface area contributed by atoms with Crippen molar-refractivity contribution in [3.8, 4) is 17.0 Å². The maximum atomic E-state index is 12.8. The van der Waals surface area contributed by atoms with Crippen LogP contribution in [0, 0.1) is 0 Å². The number of nitrogens with zero attached hydrogens (tertiary/aromatic N) is 1. The number of unbranched alkanes of at least 4 members (excludes halogenated alkanes) is 1. The lowest BCUT2D eigenvalue weighted by Gasteiger charge is -2.28. The summed E-state index contributed by atoms with van der Waals surface area (Å²) in [7, 11) is 0. The molecule has 1 heterocycles. The van der Waals surface area contributed by atoms with Gasteiger partial charge in [-0.25, -0.2) is 4.98 Å². The van der Waals surface area contributed by atoms with Crippen LogP contribution < -0.4 is 10.1 Å². The number of aliphatic hydroxyl groups excluding tert-OH is 1. The van der Waals surface area contributed by atoms with Crippen LogP contribution in [0.2, 0.25) is 10.0 Å². The predicted octanol–water partition coefficient (Wildman–Crippen LogP) is 5.27. The molecule has 0 bridgehead atoms. The number of halogens is 2. The number of benzene rings is 1. The van der Waals surface area contributed by atoms with Crippen LogP contribution in [0.4, 0.5) is 0 Å². The first-order valence-corrected chi connectivity index (χ1v) is 10.8. The molecule has 0 saturated heterocycles. The van der Waals surface area contributed by atoms with E-state index in [1.165, 1.54) is 6.20 Å². The molecule has 0 aliphatic heterocycles. The Morgan fingerprint density at radius 3 is 2.76 bits per heavy atom. The number of carbonyl (C=O) groups excluding carboxylic acids is 1. The average Bonchev–Trinajstić information content (AvgIpc) is 2.70. The smallest absolute Gasteiger partial charge is 0.253 e. The van der Waals surface area contributed by atoms with Crippen molar-refractivity contribution in [2.45, 2.75) is 57.6 Å². The fraction of sp³-hybridized carbons (Fsp3) is 0.455. The van der Waals surface area contributed by atoms with Crippen LogP contribution in [-0.4, -0.2) is 34.8 Å². The third-order valence-electron chi connectivity index (χ3n) is 5.12. The molecule has 2 unspecified atom stereocenters. The topological polar surface area (TPSA) is 71.5 Å². The first kappa shape index (κ1) is 21.9. The maximum absolute atomic E-state index is 12.8. The number of amides is 1. The lowest BCUT2D eigenvalue weighted by molar-refractivity contribution is 0.0717. The summed E-state index contributed by atoms with van der Waals surface area (Å²) in [6.07, 6.45) is 6.35. The summed E-state index contributed by atoms with van der Waals surface area (Å²) in [6, 6.07) is 6.68. The second-order valence-electron chi connectivity index (χ2n) is 7.33. The van der Waals surface area contributed by atoms with E-state index in [4.69, 9.17) is 27.9 Å². The summed E-state index contributed by atoms with van der Waals surface area (Å²) in [5, 5.41) is 14.1. The van der Waals surface area contributed by atoms with Crippen molar-refractivity contribution in [3.05, 3.63) is 46.1 Å². The number of hydrogen-bond acceptors (Lipinski definition) is 4. The Kier molecular flexibility index (Phi) is 7.76. The predicted molar refractivity (Wildman–Crippen MR) is 116 cm³/mol. The van der Waals surface area contributed by atoms with Gasteiger partial charge in [0.2, 0.25) is 5.88 Å². The standard InChI is InChI=1S/C22H26Cl2N2O3/c1-2-3-10-29-22-17(16-9-8-15(23)12-18(16)24)11-14(13-25-22)21(28)26-19-6-4-5-7-20(19)27/h8-9,11-13,19-20,27H,2-7,10H2,1H3,(H,26,28). The van der Waals surface area contributed by atoms with Gasteiger partial charge in [-0.15, -0.1) is 0 Å². The number of nitrogens with one attached hydrogen (secondary N) is 1. The van der Waals surface area contributed by atoms with Gasteiger partial charge in [-0.2, -0.15) is 0 Å². The molecule has 2 atom stereocenters. The fourth-order valence-electron chi connectivity index (χ4n) is 3.44. The highest BCUT2D eigenvalue weighted by molar-refractivity contribution is 6.36. The van der Waals surface area contributed by atoms with Crippen LogP contribution in [0.15, 0.2) is 30.5 Å². The normalized spacial score (nSPS) is 19.0. The number of pyridine rings is 1. The quantitative estimate of drug-likeness (QED) is 0.579. The zero-order chi connectivity index (χ0) is 20.8. The molecule has 2 N–H and O–H groups in total. The maximum Gasteiger partial charge on any atom is 0.253 e. The molecule has 1 fully saturated rings. The van der Waals surface area contributed by atoms with E-state index >= 15 is 0 Å². The molecule has 3 rings (SSSR count). The van der Waals surface area contributed by atoms with Gasteiger partial charge in [0.05, 0.1) is 29.3 Å². The van der Waals surface area contributed by atoms with Gasteiger partial charge in [0.15, 0.2) is 0 Å². The average molecular weight is 437 g/mol. The molecule has 1 aromatic heterocycles. The molecular formula is C22H26Cl2N2O3. The van der Waals surface area contributed by atoms with E-state index in [-0.39, 0.29) is 11.9 Å². The van der Waals surface area contributed by atoms with Crippen molar-refractivity contribution in [2.75, 3.05) is 6.61 Å². The third kappa shape index (κ3) is 5.62. The van der Waals surface area contributed by atoms with Gasteiger partial charge >= 0.3 is 0 Å². The zero-order valence-electron chi connectivity index (χ0n) is 16.5. The summed E-state index contributed by atoms with van der Waals surface area (Å²) in [5.74, 6) is 0.159. The minimum atomic E-state index is -0.512. The molecule has 1 aliphatic rings. The van der Waals surface area contributed by atoms with E-state index in [0.717, 1.165) is 32.1 Å². The van der Waals surface area contributed by atoms with Crippen molar-refractivity contribution in [3.63, 3.8) is 0 Å². The summed E-state index contributed by atoms with van der Waals surface area (Å²) in [5.41, 5.74) is 1.73. The number of aliphatic hydroxyl groups is 1. The van der Waals surface area contributed by atoms with E-state index in [1.54, 1.807) is 24.3 Å². The number of hydrogen-bond donors (Lipinski definition) is 2. The van der Waals surface area contributed by atoms with Crippen molar-refractivity contribution in [1.82, 2.24) is 10.3 Å². The van der Waals surface area contributed by atoms with Crippen LogP contribution in [0.5, 0.6) is 5.88 Å². The molecule has 0 spiro atoms. The van der Waals surface area contributed by atoms with E-state index in [2.05, 4.69) is 17.2 Å². The Labute approximate surface area is 181 Å². The molecule has 156 valence electrons. The van der Waals surface area contributed by atoms with Gasteiger partial charge < -0.3 is 15.2 Å². The van der Waals surface area contributed by atoms with Gasteiger partial charge in [0, 0.05) is 22.3 Å². The Morgan fingerprint density at radius 1 is 1.24 bits per heavy atom. The van der Waals surface area contributed by atoms with Gasteiger partial charge in [-0.05, 0) is 37.5 Å². The van der Waals surface area contributed by atoms with E-state index in [1.807, 2.05) is 0 Å². The first-order chi connectivity index (χ1) is 14.0. The van der Waals surface area contributed by atoms with Crippen LogP contribution in [-0.2, 0) is 0 Å². The highest BCUT2D eigenvalue weighted by Gasteiger charge is 2.25. The van der Waals surface area contributed by atoms with Gasteiger partial charge in [-0.3, -0.25) is 4.79 Å². The highest BCUT2D eigenvalue weighted by atomic mass is 35.5. The van der Waals surface area contributed by atoms with Crippen LogP contribution in [0.25, 0.3) is 11.1 Å². The lowest BCUT2D eigenvalue weighted by Crippen LogP contribution is -2.45. The van der Waals surface area contributed by atoms with Crippen LogP contribution in [0.3, 0.4) is 0 Å². The largest absolute Gasteiger partial charge is 0.477 e. The second kappa shape index (κ2) is 10.3. The Hall–Kier alpha value is -1.82. The van der Waals surface area contributed by atoms with Gasteiger partial charge in [0.25, 0.3) is 5.91 Å². The van der Waals surface area contributed by atoms with Crippen molar-refractivity contribution >= 4 is 29.1 Å². The molecular weight excluding hydrogens is 411 g/mol. The molecule has 1 saturated carbocycles. The van der Waals surface area contributed by atoms with Gasteiger partial charge in [0.1, 0.15) is 0 Å². The van der Waals surface area contributed by atoms with E-state index in [9.17, 15) is 9.90 Å². The highest BCUT2D eigenvalue weighted by Crippen LogP contribution is 2.36. The third-order valence-corrected chi connectivity index (χ3v) is 5.67. The van der Waals surface area contributed by atoms with Gasteiger partial charge in [-0.1, -0.05) is 55.5 Å². The SMILES string of the molecule is CCCCOc1ncc(C(=O)NC2CCCCC2O)cc1-c1ccc(Cl)cc1Cl. The lowest BCUT2D eigenvalue weighted by atomic mass is 9.92. The molecule has 1 amide bonds. The van der Waals surface area contributed by atoms with Crippen molar-refractivity contribution in [2.24, 2.45) is 0 Å². The summed E-state index contributed by atoms with van der Waals surface area (Å²) in [6.45, 7) is 2.61. The Bertz CT molecular complexity index is 860. The number of carbonyl (C=O) groups is 1. The zero-order valence-corrected chi connectivity index (χ0v) is 18.0. The molecule has 1 aromatic carbocycles. The molecule has 29 heavy (non-hydrogen) atoms. The second-order valence-corrected chi connectivity index (χ2v) is 8.18.